The van der Waals surface area contributed by atoms with Crippen molar-refractivity contribution in [1.29, 1.82) is 0 Å². The molecule has 164 valence electrons. The first kappa shape index (κ1) is 21.8. The second kappa shape index (κ2) is 9.83. The number of nitrogens with one attached hydrogen (secondary N) is 2. The normalized spacial score (nSPS) is 18.0. The van der Waals surface area contributed by atoms with E-state index in [1.165, 1.54) is 10.6 Å². The van der Waals surface area contributed by atoms with Crippen molar-refractivity contribution in [2.45, 2.75) is 37.8 Å². The molecule has 0 radical (unpaired) electrons. The largest absolute Gasteiger partial charge is 0.347 e. The maximum atomic E-state index is 12.9. The van der Waals surface area contributed by atoms with Crippen molar-refractivity contribution in [1.82, 2.24) is 15.2 Å². The van der Waals surface area contributed by atoms with Gasteiger partial charge in [-0.1, -0.05) is 30.5 Å². The Labute approximate surface area is 191 Å². The molecular formula is C25H24ClN3O3. The van der Waals surface area contributed by atoms with Crippen LogP contribution in [0.2, 0.25) is 5.02 Å². The summed E-state index contributed by atoms with van der Waals surface area (Å²) in [7, 11) is 0. The number of hydrogen-bond donors (Lipinski definition) is 2. The van der Waals surface area contributed by atoms with Gasteiger partial charge >= 0.3 is 0 Å². The fraction of sp³-hybridized carbons (Fsp3) is 0.240. The summed E-state index contributed by atoms with van der Waals surface area (Å²) in [5, 5.41) is 6.72. The van der Waals surface area contributed by atoms with E-state index in [9.17, 15) is 14.4 Å². The van der Waals surface area contributed by atoms with Crippen molar-refractivity contribution in [3.8, 4) is 5.69 Å². The average Bonchev–Trinajstić information content (AvgIpc) is 2.81. The number of rotatable bonds is 5. The van der Waals surface area contributed by atoms with Gasteiger partial charge in [-0.05, 0) is 67.4 Å². The Bertz CT molecular complexity index is 1160. The van der Waals surface area contributed by atoms with Gasteiger partial charge in [0, 0.05) is 46.2 Å². The summed E-state index contributed by atoms with van der Waals surface area (Å²) in [6.07, 6.45) is 5.29. The minimum atomic E-state index is -0.199. The molecule has 3 aromatic rings. The fourth-order valence-electron chi connectivity index (χ4n) is 4.00. The maximum absolute atomic E-state index is 12.9. The molecule has 32 heavy (non-hydrogen) atoms. The SMILES string of the molecule is O=C(N[C@H]1CCCC[C@H]1NC(=O)c1ccc(Cl)cc1)c1ccc(-n2ccccc2=O)cc1. The Balaban J connectivity index is 1.42. The lowest BCUT2D eigenvalue weighted by Crippen LogP contribution is -2.53. The molecule has 0 spiro atoms. The van der Waals surface area contributed by atoms with E-state index in [2.05, 4.69) is 10.6 Å². The third-order valence-electron chi connectivity index (χ3n) is 5.74. The zero-order valence-electron chi connectivity index (χ0n) is 17.5. The minimum Gasteiger partial charge on any atom is -0.347 e. The van der Waals surface area contributed by atoms with Crippen LogP contribution in [0.1, 0.15) is 46.4 Å². The summed E-state index contributed by atoms with van der Waals surface area (Å²) in [6.45, 7) is 0. The number of carbonyl (C=O) groups is 2. The van der Waals surface area contributed by atoms with Gasteiger partial charge in [0.15, 0.2) is 0 Å². The lowest BCUT2D eigenvalue weighted by molar-refractivity contribution is 0.0863. The highest BCUT2D eigenvalue weighted by molar-refractivity contribution is 6.30. The Kier molecular flexibility index (Phi) is 6.71. The molecule has 0 saturated heterocycles. The number of benzene rings is 2. The summed E-state index contributed by atoms with van der Waals surface area (Å²) in [5.41, 5.74) is 1.60. The summed E-state index contributed by atoms with van der Waals surface area (Å²) in [6, 6.07) is 18.3. The molecule has 0 unspecified atom stereocenters. The molecule has 1 heterocycles. The predicted octanol–water partition coefficient (Wildman–Crippen LogP) is 3.96. The first-order chi connectivity index (χ1) is 15.5. The molecule has 6 nitrogen and oxygen atoms in total. The monoisotopic (exact) mass is 449 g/mol. The second-order valence-electron chi connectivity index (χ2n) is 7.91. The predicted molar refractivity (Wildman–Crippen MR) is 124 cm³/mol. The summed E-state index contributed by atoms with van der Waals surface area (Å²) >= 11 is 5.90. The van der Waals surface area contributed by atoms with Crippen LogP contribution in [0.25, 0.3) is 5.69 Å². The van der Waals surface area contributed by atoms with Crippen LogP contribution >= 0.6 is 11.6 Å². The molecule has 2 atom stereocenters. The highest BCUT2D eigenvalue weighted by atomic mass is 35.5. The molecule has 7 heteroatoms. The van der Waals surface area contributed by atoms with Crippen molar-refractivity contribution >= 4 is 23.4 Å². The van der Waals surface area contributed by atoms with Gasteiger partial charge in [0.1, 0.15) is 0 Å². The summed E-state index contributed by atoms with van der Waals surface area (Å²) < 4.78 is 1.52. The Morgan fingerprint density at radius 2 is 1.31 bits per heavy atom. The van der Waals surface area contributed by atoms with Crippen LogP contribution in [0.5, 0.6) is 0 Å². The lowest BCUT2D eigenvalue weighted by atomic mass is 9.89. The molecule has 1 aliphatic rings. The highest BCUT2D eigenvalue weighted by Crippen LogP contribution is 2.20. The average molecular weight is 450 g/mol. The molecule has 1 fully saturated rings. The van der Waals surface area contributed by atoms with Crippen molar-refractivity contribution in [3.63, 3.8) is 0 Å². The molecule has 1 aromatic heterocycles. The van der Waals surface area contributed by atoms with Crippen LogP contribution in [0.4, 0.5) is 0 Å². The lowest BCUT2D eigenvalue weighted by Gasteiger charge is -2.33. The van der Waals surface area contributed by atoms with E-state index in [0.717, 1.165) is 25.7 Å². The molecular weight excluding hydrogens is 426 g/mol. The molecule has 1 aliphatic carbocycles. The minimum absolute atomic E-state index is 0.133. The van der Waals surface area contributed by atoms with E-state index in [4.69, 9.17) is 11.6 Å². The summed E-state index contributed by atoms with van der Waals surface area (Å²) in [5.74, 6) is -0.375. The van der Waals surface area contributed by atoms with E-state index >= 15 is 0 Å². The second-order valence-corrected chi connectivity index (χ2v) is 8.34. The Hall–Kier alpha value is -3.38. The standard InChI is InChI=1S/C25H24ClN3O3/c26-19-12-8-17(9-13-19)24(31)27-21-5-1-2-6-22(21)28-25(32)18-10-14-20(15-11-18)29-16-4-3-7-23(29)30/h3-4,7-16,21-22H,1-2,5-6H2,(H,27,31)(H,28,32)/t21-,22+/m1/s1. The van der Waals surface area contributed by atoms with Crippen LogP contribution in [0.15, 0.2) is 77.7 Å². The number of pyridine rings is 1. The topological polar surface area (TPSA) is 80.2 Å². The third-order valence-corrected chi connectivity index (χ3v) is 5.99. The van der Waals surface area contributed by atoms with Gasteiger partial charge in [-0.25, -0.2) is 0 Å². The quantitative estimate of drug-likeness (QED) is 0.618. The maximum Gasteiger partial charge on any atom is 0.255 e. The van der Waals surface area contributed by atoms with Gasteiger partial charge in [-0.3, -0.25) is 19.0 Å². The molecule has 4 rings (SSSR count). The van der Waals surface area contributed by atoms with Crippen molar-refractivity contribution in [2.24, 2.45) is 0 Å². The Morgan fingerprint density at radius 1 is 0.781 bits per heavy atom. The zero-order valence-corrected chi connectivity index (χ0v) is 18.2. The molecule has 2 N–H and O–H groups in total. The summed E-state index contributed by atoms with van der Waals surface area (Å²) in [4.78, 5) is 37.5. The van der Waals surface area contributed by atoms with Gasteiger partial charge in [0.2, 0.25) is 0 Å². The first-order valence-electron chi connectivity index (χ1n) is 10.7. The number of amides is 2. The van der Waals surface area contributed by atoms with Crippen LogP contribution in [0, 0.1) is 0 Å². The first-order valence-corrected chi connectivity index (χ1v) is 11.0. The number of carbonyl (C=O) groups excluding carboxylic acids is 2. The zero-order chi connectivity index (χ0) is 22.5. The van der Waals surface area contributed by atoms with Gasteiger partial charge in [0.05, 0.1) is 0 Å². The van der Waals surface area contributed by atoms with E-state index in [0.29, 0.717) is 21.8 Å². The van der Waals surface area contributed by atoms with Gasteiger partial charge in [-0.15, -0.1) is 0 Å². The number of hydrogen-bond acceptors (Lipinski definition) is 3. The fourth-order valence-corrected chi connectivity index (χ4v) is 4.12. The van der Waals surface area contributed by atoms with Gasteiger partial charge < -0.3 is 10.6 Å². The number of halogens is 1. The van der Waals surface area contributed by atoms with Crippen molar-refractivity contribution in [2.75, 3.05) is 0 Å². The van der Waals surface area contributed by atoms with Crippen LogP contribution in [-0.2, 0) is 0 Å². The molecule has 2 amide bonds. The molecule has 0 bridgehead atoms. The van der Waals surface area contributed by atoms with Gasteiger partial charge in [-0.2, -0.15) is 0 Å². The van der Waals surface area contributed by atoms with E-state index in [-0.39, 0.29) is 29.5 Å². The number of nitrogens with zero attached hydrogens (tertiary/aromatic N) is 1. The van der Waals surface area contributed by atoms with Crippen LogP contribution in [0.3, 0.4) is 0 Å². The molecule has 2 aromatic carbocycles. The third kappa shape index (κ3) is 5.08. The Morgan fingerprint density at radius 3 is 1.84 bits per heavy atom. The van der Waals surface area contributed by atoms with Crippen molar-refractivity contribution < 1.29 is 9.59 Å². The van der Waals surface area contributed by atoms with Crippen LogP contribution < -0.4 is 16.2 Å². The number of aromatic nitrogens is 1. The molecule has 1 saturated carbocycles. The van der Waals surface area contributed by atoms with E-state index < -0.39 is 0 Å². The van der Waals surface area contributed by atoms with Gasteiger partial charge in [0.25, 0.3) is 17.4 Å². The van der Waals surface area contributed by atoms with Crippen molar-refractivity contribution in [3.05, 3.63) is 99.4 Å². The highest BCUT2D eigenvalue weighted by Gasteiger charge is 2.28. The van der Waals surface area contributed by atoms with E-state index in [1.807, 2.05) is 0 Å². The van der Waals surface area contributed by atoms with E-state index in [1.54, 1.807) is 66.9 Å². The van der Waals surface area contributed by atoms with Crippen LogP contribution in [-0.4, -0.2) is 28.5 Å². The molecule has 0 aliphatic heterocycles. The smallest absolute Gasteiger partial charge is 0.255 e.